The molecule has 0 spiro atoms. The van der Waals surface area contributed by atoms with Crippen LogP contribution < -0.4 is 5.32 Å². The Balaban J connectivity index is 1.96. The Labute approximate surface area is 123 Å². The van der Waals surface area contributed by atoms with Crippen molar-refractivity contribution < 1.29 is 0 Å². The maximum Gasteiger partial charge on any atom is 0.163 e. The van der Waals surface area contributed by atoms with Crippen molar-refractivity contribution in [1.29, 1.82) is 0 Å². The first-order valence-corrected chi connectivity index (χ1v) is 6.86. The maximum atomic E-state index is 4.43. The van der Waals surface area contributed by atoms with Gasteiger partial charge in [0.15, 0.2) is 5.65 Å². The minimum atomic E-state index is 0.686. The van der Waals surface area contributed by atoms with Gasteiger partial charge in [-0.25, -0.2) is 9.97 Å². The van der Waals surface area contributed by atoms with Gasteiger partial charge in [0.2, 0.25) is 0 Å². The van der Waals surface area contributed by atoms with E-state index in [0.29, 0.717) is 6.54 Å². The Bertz CT molecular complexity index is 812. The van der Waals surface area contributed by atoms with Crippen LogP contribution in [0.5, 0.6) is 0 Å². The molecule has 0 amide bonds. The van der Waals surface area contributed by atoms with Crippen molar-refractivity contribution in [1.82, 2.24) is 29.5 Å². The summed E-state index contributed by atoms with van der Waals surface area (Å²) in [6.07, 6.45) is 1.56. The number of fused-ring (bicyclic) bond motifs is 1. The van der Waals surface area contributed by atoms with E-state index in [-0.39, 0.29) is 0 Å². The zero-order chi connectivity index (χ0) is 15.1. The van der Waals surface area contributed by atoms with Crippen LogP contribution >= 0.6 is 0 Å². The molecule has 3 heterocycles. The summed E-state index contributed by atoms with van der Waals surface area (Å²) in [6, 6.07) is 0. The van der Waals surface area contributed by atoms with Crippen LogP contribution in [0.3, 0.4) is 0 Å². The fourth-order valence-electron chi connectivity index (χ4n) is 2.66. The third-order valence-electron chi connectivity index (χ3n) is 3.89. The highest BCUT2D eigenvalue weighted by Crippen LogP contribution is 2.23. The lowest BCUT2D eigenvalue weighted by atomic mass is 10.2. The zero-order valence-electron chi connectivity index (χ0n) is 13.0. The molecule has 7 heteroatoms. The molecule has 0 saturated heterocycles. The standard InChI is InChI=1S/C14H19N7/c1-8-11(10(3)20(4)18-8)6-15-13-12-9(2)19-21(5)14(12)17-7-16-13/h7H,6H2,1-5H3,(H,15,16,17). The molecule has 7 nitrogen and oxygen atoms in total. The minimum Gasteiger partial charge on any atom is -0.365 e. The number of nitrogens with zero attached hydrogens (tertiary/aromatic N) is 6. The van der Waals surface area contributed by atoms with Crippen LogP contribution in [0.1, 0.15) is 22.6 Å². The average Bonchev–Trinajstić information content (AvgIpc) is 2.86. The Morgan fingerprint density at radius 2 is 1.71 bits per heavy atom. The van der Waals surface area contributed by atoms with Crippen molar-refractivity contribution in [2.24, 2.45) is 14.1 Å². The first-order valence-electron chi connectivity index (χ1n) is 6.86. The van der Waals surface area contributed by atoms with Gasteiger partial charge in [-0.1, -0.05) is 0 Å². The van der Waals surface area contributed by atoms with E-state index in [4.69, 9.17) is 0 Å². The number of aryl methyl sites for hydroxylation is 4. The van der Waals surface area contributed by atoms with E-state index in [1.807, 2.05) is 32.6 Å². The molecule has 0 aliphatic heterocycles. The number of aromatic nitrogens is 6. The van der Waals surface area contributed by atoms with Crippen molar-refractivity contribution in [3.8, 4) is 0 Å². The van der Waals surface area contributed by atoms with E-state index < -0.39 is 0 Å². The van der Waals surface area contributed by atoms with Gasteiger partial charge in [0.1, 0.15) is 12.1 Å². The number of rotatable bonds is 3. The zero-order valence-corrected chi connectivity index (χ0v) is 13.0. The molecule has 0 aromatic carbocycles. The number of hydrogen-bond donors (Lipinski definition) is 1. The number of hydrogen-bond acceptors (Lipinski definition) is 5. The second-order valence-electron chi connectivity index (χ2n) is 5.26. The van der Waals surface area contributed by atoms with Gasteiger partial charge in [-0.05, 0) is 20.8 Å². The molecule has 0 atom stereocenters. The van der Waals surface area contributed by atoms with Crippen LogP contribution in [-0.2, 0) is 20.6 Å². The Morgan fingerprint density at radius 1 is 1.00 bits per heavy atom. The summed E-state index contributed by atoms with van der Waals surface area (Å²) in [5, 5.41) is 13.2. The average molecular weight is 285 g/mol. The van der Waals surface area contributed by atoms with Crippen LogP contribution in [0, 0.1) is 20.8 Å². The van der Waals surface area contributed by atoms with Crippen molar-refractivity contribution in [3.63, 3.8) is 0 Å². The lowest BCUT2D eigenvalue weighted by Crippen LogP contribution is -2.05. The third kappa shape index (κ3) is 2.14. The molecule has 0 bridgehead atoms. The molecule has 1 N–H and O–H groups in total. The van der Waals surface area contributed by atoms with Crippen molar-refractivity contribution in [3.05, 3.63) is 29.0 Å². The molecule has 0 fully saturated rings. The van der Waals surface area contributed by atoms with Crippen LogP contribution in [0.4, 0.5) is 5.82 Å². The molecule has 0 unspecified atom stereocenters. The monoisotopic (exact) mass is 285 g/mol. The first-order chi connectivity index (χ1) is 9.99. The lowest BCUT2D eigenvalue weighted by Gasteiger charge is -2.07. The quantitative estimate of drug-likeness (QED) is 0.792. The highest BCUT2D eigenvalue weighted by molar-refractivity contribution is 5.89. The molecular formula is C14H19N7. The van der Waals surface area contributed by atoms with Crippen molar-refractivity contribution in [2.45, 2.75) is 27.3 Å². The van der Waals surface area contributed by atoms with Crippen LogP contribution in [0.2, 0.25) is 0 Å². The van der Waals surface area contributed by atoms with Crippen LogP contribution in [0.25, 0.3) is 11.0 Å². The summed E-state index contributed by atoms with van der Waals surface area (Å²) in [7, 11) is 3.85. The van der Waals surface area contributed by atoms with Crippen molar-refractivity contribution in [2.75, 3.05) is 5.32 Å². The van der Waals surface area contributed by atoms with E-state index in [0.717, 1.165) is 33.9 Å². The van der Waals surface area contributed by atoms with Gasteiger partial charge in [0, 0.05) is 31.9 Å². The molecular weight excluding hydrogens is 266 g/mol. The molecule has 3 rings (SSSR count). The maximum absolute atomic E-state index is 4.43. The van der Waals surface area contributed by atoms with Crippen LogP contribution in [0.15, 0.2) is 6.33 Å². The third-order valence-corrected chi connectivity index (χ3v) is 3.89. The fourth-order valence-corrected chi connectivity index (χ4v) is 2.66. The fraction of sp³-hybridized carbons (Fsp3) is 0.429. The van der Waals surface area contributed by atoms with Gasteiger partial charge in [-0.2, -0.15) is 10.2 Å². The van der Waals surface area contributed by atoms with E-state index in [1.165, 1.54) is 5.56 Å². The number of anilines is 1. The van der Waals surface area contributed by atoms with Gasteiger partial charge in [-0.3, -0.25) is 9.36 Å². The largest absolute Gasteiger partial charge is 0.365 e. The van der Waals surface area contributed by atoms with Gasteiger partial charge in [0.25, 0.3) is 0 Å². The highest BCUT2D eigenvalue weighted by Gasteiger charge is 2.14. The predicted octanol–water partition coefficient (Wildman–Crippen LogP) is 1.63. The predicted molar refractivity (Wildman–Crippen MR) is 81.0 cm³/mol. The lowest BCUT2D eigenvalue weighted by molar-refractivity contribution is 0.730. The van der Waals surface area contributed by atoms with E-state index in [9.17, 15) is 0 Å². The molecule has 3 aromatic rings. The molecule has 0 aliphatic carbocycles. The normalized spacial score (nSPS) is 11.3. The SMILES string of the molecule is Cc1nn(C)c(C)c1CNc1ncnc2c1c(C)nn2C. The molecule has 0 radical (unpaired) electrons. The smallest absolute Gasteiger partial charge is 0.163 e. The Morgan fingerprint density at radius 3 is 2.38 bits per heavy atom. The minimum absolute atomic E-state index is 0.686. The summed E-state index contributed by atoms with van der Waals surface area (Å²) in [6.45, 7) is 6.75. The van der Waals surface area contributed by atoms with E-state index in [1.54, 1.807) is 11.0 Å². The van der Waals surface area contributed by atoms with Gasteiger partial charge >= 0.3 is 0 Å². The summed E-state index contributed by atoms with van der Waals surface area (Å²) >= 11 is 0. The Hall–Kier alpha value is -2.44. The first kappa shape index (κ1) is 13.5. The molecule has 0 saturated carbocycles. The van der Waals surface area contributed by atoms with E-state index >= 15 is 0 Å². The Kier molecular flexibility index (Phi) is 3.12. The second kappa shape index (κ2) is 4.83. The van der Waals surface area contributed by atoms with E-state index in [2.05, 4.69) is 32.4 Å². The number of nitrogens with one attached hydrogen (secondary N) is 1. The topological polar surface area (TPSA) is 73.5 Å². The molecule has 21 heavy (non-hydrogen) atoms. The summed E-state index contributed by atoms with van der Waals surface area (Å²) < 4.78 is 3.68. The summed E-state index contributed by atoms with van der Waals surface area (Å²) in [5.74, 6) is 0.813. The van der Waals surface area contributed by atoms with Gasteiger partial charge < -0.3 is 5.32 Å². The summed E-state index contributed by atoms with van der Waals surface area (Å²) in [5.41, 5.74) is 5.16. The van der Waals surface area contributed by atoms with Crippen LogP contribution in [-0.4, -0.2) is 29.5 Å². The molecule has 3 aromatic heterocycles. The highest BCUT2D eigenvalue weighted by atomic mass is 15.3. The molecule has 110 valence electrons. The summed E-state index contributed by atoms with van der Waals surface area (Å²) in [4.78, 5) is 8.65. The van der Waals surface area contributed by atoms with Gasteiger partial charge in [-0.15, -0.1) is 0 Å². The van der Waals surface area contributed by atoms with Gasteiger partial charge in [0.05, 0.1) is 16.8 Å². The second-order valence-corrected chi connectivity index (χ2v) is 5.26. The van der Waals surface area contributed by atoms with Crippen molar-refractivity contribution >= 4 is 16.9 Å². The molecule has 0 aliphatic rings.